The van der Waals surface area contributed by atoms with Gasteiger partial charge in [-0.2, -0.15) is 0 Å². The maximum atomic E-state index is 5.86. The maximum absolute atomic E-state index is 5.86. The van der Waals surface area contributed by atoms with Gasteiger partial charge in [-0.3, -0.25) is 0 Å². The minimum atomic E-state index is 0.483. The van der Waals surface area contributed by atoms with Gasteiger partial charge in [0.25, 0.3) is 0 Å². The van der Waals surface area contributed by atoms with Crippen molar-refractivity contribution in [3.8, 4) is 0 Å². The van der Waals surface area contributed by atoms with E-state index in [2.05, 4.69) is 46.0 Å². The third kappa shape index (κ3) is 2.08. The summed E-state index contributed by atoms with van der Waals surface area (Å²) in [7, 11) is 0. The van der Waals surface area contributed by atoms with Crippen LogP contribution in [-0.2, 0) is 6.42 Å². The standard InChI is InChI=1S/C14H15BrN2S/c1-8-7-9(15)5-6-10(8)11-3-2-4-12-13(11)18-14(16)17-12/h5-7,11H,2-4H2,1H3,(H2,16,17). The van der Waals surface area contributed by atoms with Crippen molar-refractivity contribution in [1.82, 2.24) is 4.98 Å². The first-order valence-corrected chi connectivity index (χ1v) is 7.77. The second-order valence-corrected chi connectivity index (χ2v) is 6.79. The summed E-state index contributed by atoms with van der Waals surface area (Å²) in [6.07, 6.45) is 3.49. The number of halogens is 1. The van der Waals surface area contributed by atoms with Crippen LogP contribution in [-0.4, -0.2) is 4.98 Å². The fourth-order valence-electron chi connectivity index (χ4n) is 2.77. The first kappa shape index (κ1) is 12.2. The van der Waals surface area contributed by atoms with Crippen molar-refractivity contribution in [3.63, 3.8) is 0 Å². The fraction of sp³-hybridized carbons (Fsp3) is 0.357. The highest BCUT2D eigenvalue weighted by Crippen LogP contribution is 2.42. The Morgan fingerprint density at radius 2 is 2.28 bits per heavy atom. The number of aromatic nitrogens is 1. The molecule has 1 atom stereocenters. The van der Waals surface area contributed by atoms with Crippen molar-refractivity contribution in [3.05, 3.63) is 44.4 Å². The van der Waals surface area contributed by atoms with Gasteiger partial charge < -0.3 is 5.73 Å². The molecule has 0 saturated heterocycles. The predicted molar refractivity (Wildman–Crippen MR) is 80.2 cm³/mol. The molecule has 94 valence electrons. The average molecular weight is 323 g/mol. The number of benzene rings is 1. The second-order valence-electron chi connectivity index (χ2n) is 4.81. The molecule has 1 aliphatic carbocycles. The zero-order chi connectivity index (χ0) is 12.7. The normalized spacial score (nSPS) is 18.7. The highest BCUT2D eigenvalue weighted by Gasteiger charge is 2.26. The Morgan fingerprint density at radius 3 is 3.06 bits per heavy atom. The van der Waals surface area contributed by atoms with Gasteiger partial charge >= 0.3 is 0 Å². The van der Waals surface area contributed by atoms with Crippen molar-refractivity contribution in [1.29, 1.82) is 0 Å². The van der Waals surface area contributed by atoms with Crippen LogP contribution in [0.15, 0.2) is 22.7 Å². The molecule has 0 spiro atoms. The summed E-state index contributed by atoms with van der Waals surface area (Å²) in [6.45, 7) is 2.18. The van der Waals surface area contributed by atoms with E-state index in [-0.39, 0.29) is 0 Å². The number of rotatable bonds is 1. The van der Waals surface area contributed by atoms with Crippen molar-refractivity contribution in [2.24, 2.45) is 0 Å². The first-order chi connectivity index (χ1) is 8.65. The lowest BCUT2D eigenvalue weighted by molar-refractivity contribution is 0.615. The van der Waals surface area contributed by atoms with Crippen LogP contribution in [0.25, 0.3) is 0 Å². The number of thiazole rings is 1. The van der Waals surface area contributed by atoms with Crippen LogP contribution in [0, 0.1) is 6.92 Å². The van der Waals surface area contributed by atoms with E-state index in [1.54, 1.807) is 11.3 Å². The third-order valence-corrected chi connectivity index (χ3v) is 5.11. The van der Waals surface area contributed by atoms with Gasteiger partial charge in [0, 0.05) is 15.3 Å². The Kier molecular flexibility index (Phi) is 3.16. The topological polar surface area (TPSA) is 38.9 Å². The molecule has 0 aliphatic heterocycles. The SMILES string of the molecule is Cc1cc(Br)ccc1C1CCCc2nc(N)sc21. The minimum absolute atomic E-state index is 0.483. The molecule has 0 bridgehead atoms. The van der Waals surface area contributed by atoms with Crippen molar-refractivity contribution < 1.29 is 0 Å². The molecule has 0 fully saturated rings. The molecule has 1 aliphatic rings. The highest BCUT2D eigenvalue weighted by atomic mass is 79.9. The van der Waals surface area contributed by atoms with Gasteiger partial charge in [-0.25, -0.2) is 4.98 Å². The van der Waals surface area contributed by atoms with Crippen LogP contribution in [0.4, 0.5) is 5.13 Å². The van der Waals surface area contributed by atoms with E-state index in [0.717, 1.165) is 10.9 Å². The Labute approximate surface area is 119 Å². The summed E-state index contributed by atoms with van der Waals surface area (Å²) in [6, 6.07) is 6.55. The highest BCUT2D eigenvalue weighted by molar-refractivity contribution is 9.10. The van der Waals surface area contributed by atoms with E-state index in [9.17, 15) is 0 Å². The monoisotopic (exact) mass is 322 g/mol. The van der Waals surface area contributed by atoms with Crippen LogP contribution in [0.2, 0.25) is 0 Å². The average Bonchev–Trinajstić information content (AvgIpc) is 2.69. The van der Waals surface area contributed by atoms with E-state index in [0.29, 0.717) is 11.0 Å². The molecule has 1 aromatic heterocycles. The van der Waals surface area contributed by atoms with Gasteiger partial charge in [-0.15, -0.1) is 11.3 Å². The molecule has 18 heavy (non-hydrogen) atoms. The zero-order valence-corrected chi connectivity index (χ0v) is 12.6. The Hall–Kier alpha value is -0.870. The van der Waals surface area contributed by atoms with Gasteiger partial charge in [0.05, 0.1) is 5.69 Å². The lowest BCUT2D eigenvalue weighted by Gasteiger charge is -2.23. The van der Waals surface area contributed by atoms with Gasteiger partial charge in [0.2, 0.25) is 0 Å². The van der Waals surface area contributed by atoms with Crippen LogP contribution < -0.4 is 5.73 Å². The minimum Gasteiger partial charge on any atom is -0.375 e. The number of aryl methyl sites for hydroxylation is 2. The summed E-state index contributed by atoms with van der Waals surface area (Å²) in [5.74, 6) is 0.483. The molecule has 0 saturated carbocycles. The number of nitrogens with zero attached hydrogens (tertiary/aromatic N) is 1. The van der Waals surface area contributed by atoms with Crippen molar-refractivity contribution >= 4 is 32.4 Å². The molecule has 2 nitrogen and oxygen atoms in total. The largest absolute Gasteiger partial charge is 0.375 e. The number of nitrogen functional groups attached to an aromatic ring is 1. The molecular formula is C14H15BrN2S. The second kappa shape index (κ2) is 4.67. The van der Waals surface area contributed by atoms with Gasteiger partial charge in [0.1, 0.15) is 0 Å². The number of hydrogen-bond acceptors (Lipinski definition) is 3. The molecule has 2 aromatic rings. The quantitative estimate of drug-likeness (QED) is 0.851. The molecular weight excluding hydrogens is 308 g/mol. The first-order valence-electron chi connectivity index (χ1n) is 6.16. The Morgan fingerprint density at radius 1 is 1.44 bits per heavy atom. The van der Waals surface area contributed by atoms with Gasteiger partial charge in [0.15, 0.2) is 5.13 Å². The fourth-order valence-corrected chi connectivity index (χ4v) is 4.27. The molecule has 1 unspecified atom stereocenters. The van der Waals surface area contributed by atoms with Gasteiger partial charge in [-0.1, -0.05) is 22.0 Å². The summed E-state index contributed by atoms with van der Waals surface area (Å²) >= 11 is 5.19. The molecule has 2 N–H and O–H groups in total. The molecule has 0 radical (unpaired) electrons. The lowest BCUT2D eigenvalue weighted by Crippen LogP contribution is -2.10. The van der Waals surface area contributed by atoms with Crippen LogP contribution in [0.1, 0.15) is 40.5 Å². The number of fused-ring (bicyclic) bond motifs is 1. The van der Waals surface area contributed by atoms with E-state index in [1.165, 1.54) is 34.5 Å². The molecule has 1 aromatic carbocycles. The Balaban J connectivity index is 2.07. The van der Waals surface area contributed by atoms with Crippen molar-refractivity contribution in [2.75, 3.05) is 5.73 Å². The summed E-state index contributed by atoms with van der Waals surface area (Å²) in [5.41, 5.74) is 9.84. The van der Waals surface area contributed by atoms with E-state index in [1.807, 2.05) is 0 Å². The maximum Gasteiger partial charge on any atom is 0.180 e. The number of anilines is 1. The molecule has 4 heteroatoms. The summed E-state index contributed by atoms with van der Waals surface area (Å²) < 4.78 is 1.14. The number of nitrogens with two attached hydrogens (primary N) is 1. The summed E-state index contributed by atoms with van der Waals surface area (Å²) in [4.78, 5) is 5.84. The van der Waals surface area contributed by atoms with Gasteiger partial charge in [-0.05, 0) is 49.4 Å². The predicted octanol–water partition coefficient (Wildman–Crippen LogP) is 4.26. The lowest BCUT2D eigenvalue weighted by atomic mass is 9.84. The number of hydrogen-bond donors (Lipinski definition) is 1. The van der Waals surface area contributed by atoms with Crippen LogP contribution in [0.3, 0.4) is 0 Å². The zero-order valence-electron chi connectivity index (χ0n) is 10.2. The smallest absolute Gasteiger partial charge is 0.180 e. The molecule has 1 heterocycles. The van der Waals surface area contributed by atoms with E-state index >= 15 is 0 Å². The van der Waals surface area contributed by atoms with E-state index in [4.69, 9.17) is 5.73 Å². The van der Waals surface area contributed by atoms with Crippen LogP contribution >= 0.6 is 27.3 Å². The molecule has 0 amide bonds. The van der Waals surface area contributed by atoms with Crippen LogP contribution in [0.5, 0.6) is 0 Å². The summed E-state index contributed by atoms with van der Waals surface area (Å²) in [5, 5.41) is 0.710. The molecule has 3 rings (SSSR count). The third-order valence-electron chi connectivity index (χ3n) is 3.57. The Bertz CT molecular complexity index is 591. The van der Waals surface area contributed by atoms with E-state index < -0.39 is 0 Å². The van der Waals surface area contributed by atoms with Crippen molar-refractivity contribution in [2.45, 2.75) is 32.1 Å².